The zero-order valence-corrected chi connectivity index (χ0v) is 15.6. The summed E-state index contributed by atoms with van der Waals surface area (Å²) in [6.45, 7) is 3.84. The molecule has 0 aliphatic carbocycles. The Balaban J connectivity index is 2.41. The summed E-state index contributed by atoms with van der Waals surface area (Å²) in [5, 5.41) is 1.85. The Morgan fingerprint density at radius 1 is 1.18 bits per heavy atom. The maximum atomic E-state index is 12.7. The molecule has 0 aliphatic heterocycles. The van der Waals surface area contributed by atoms with Crippen molar-refractivity contribution >= 4 is 48.7 Å². The Kier molecular flexibility index (Phi) is 5.09. The van der Waals surface area contributed by atoms with Gasteiger partial charge in [0.1, 0.15) is 4.88 Å². The van der Waals surface area contributed by atoms with Crippen LogP contribution in [0.1, 0.15) is 23.5 Å². The van der Waals surface area contributed by atoms with Gasteiger partial charge in [-0.1, -0.05) is 0 Å². The van der Waals surface area contributed by atoms with Crippen molar-refractivity contribution in [2.75, 3.05) is 11.2 Å². The van der Waals surface area contributed by atoms with Crippen molar-refractivity contribution in [2.24, 2.45) is 0 Å². The second kappa shape index (κ2) is 6.52. The van der Waals surface area contributed by atoms with E-state index in [9.17, 15) is 13.2 Å². The molecule has 0 aliphatic rings. The second-order valence-corrected chi connectivity index (χ2v) is 8.92. The van der Waals surface area contributed by atoms with E-state index in [1.807, 2.05) is 25.3 Å². The van der Waals surface area contributed by atoms with Crippen LogP contribution in [0.15, 0.2) is 45.1 Å². The number of nitrogens with zero attached hydrogens (tertiary/aromatic N) is 1. The molecule has 22 heavy (non-hydrogen) atoms. The number of anilines is 1. The largest absolute Gasteiger partial charge is 0.305 e. The second-order valence-electron chi connectivity index (χ2n) is 5.13. The van der Waals surface area contributed by atoms with Crippen LogP contribution in [0, 0.1) is 0 Å². The smallest absolute Gasteiger partial charge is 0.269 e. The third kappa shape index (κ3) is 3.59. The standard InChI is InChI=1S/C15H16BrNO3S2/c1-10(2)17(15(18)14-13(16)8-9-21-14)11-4-6-12(7-5-11)22(3,19)20/h4-10H,1-3H3. The highest BCUT2D eigenvalue weighted by Crippen LogP contribution is 2.28. The first-order valence-corrected chi connectivity index (χ1v) is 10.1. The maximum Gasteiger partial charge on any atom is 0.269 e. The summed E-state index contributed by atoms with van der Waals surface area (Å²) in [5.41, 5.74) is 0.674. The lowest BCUT2D eigenvalue weighted by Crippen LogP contribution is -2.36. The molecule has 2 aromatic rings. The molecule has 0 saturated heterocycles. The molecule has 118 valence electrons. The van der Waals surface area contributed by atoms with Gasteiger partial charge >= 0.3 is 0 Å². The Bertz CT molecular complexity index is 779. The van der Waals surface area contributed by atoms with Crippen LogP contribution >= 0.6 is 27.3 Å². The van der Waals surface area contributed by atoms with E-state index in [2.05, 4.69) is 15.9 Å². The van der Waals surface area contributed by atoms with E-state index in [0.717, 1.165) is 10.7 Å². The minimum Gasteiger partial charge on any atom is -0.305 e. The Labute approximate surface area is 142 Å². The minimum atomic E-state index is -3.24. The van der Waals surface area contributed by atoms with Gasteiger partial charge in [0.25, 0.3) is 5.91 Å². The van der Waals surface area contributed by atoms with Crippen LogP contribution in [0.3, 0.4) is 0 Å². The number of carbonyl (C=O) groups excluding carboxylic acids is 1. The number of carbonyl (C=O) groups is 1. The molecule has 0 saturated carbocycles. The molecule has 0 atom stereocenters. The highest BCUT2D eigenvalue weighted by molar-refractivity contribution is 9.10. The number of halogens is 1. The van der Waals surface area contributed by atoms with Gasteiger partial charge in [0.05, 0.1) is 4.90 Å². The fourth-order valence-corrected chi connectivity index (χ4v) is 4.17. The highest BCUT2D eigenvalue weighted by atomic mass is 79.9. The fraction of sp³-hybridized carbons (Fsp3) is 0.267. The van der Waals surface area contributed by atoms with Gasteiger partial charge in [-0.25, -0.2) is 8.42 Å². The van der Waals surface area contributed by atoms with Gasteiger partial charge < -0.3 is 4.90 Å². The van der Waals surface area contributed by atoms with Crippen molar-refractivity contribution in [2.45, 2.75) is 24.8 Å². The van der Waals surface area contributed by atoms with Gasteiger partial charge in [0, 0.05) is 22.5 Å². The zero-order valence-electron chi connectivity index (χ0n) is 12.4. The van der Waals surface area contributed by atoms with E-state index in [1.165, 1.54) is 23.5 Å². The van der Waals surface area contributed by atoms with Crippen LogP contribution in [0.5, 0.6) is 0 Å². The molecular weight excluding hydrogens is 386 g/mol. The molecule has 0 bridgehead atoms. The summed E-state index contributed by atoms with van der Waals surface area (Å²) in [5.74, 6) is -0.107. The fourth-order valence-electron chi connectivity index (χ4n) is 2.06. The van der Waals surface area contributed by atoms with Crippen molar-refractivity contribution in [3.8, 4) is 0 Å². The molecular formula is C15H16BrNO3S2. The number of thiophene rings is 1. The van der Waals surface area contributed by atoms with Gasteiger partial charge in [-0.2, -0.15) is 0 Å². The number of sulfone groups is 1. The van der Waals surface area contributed by atoms with Crippen LogP contribution < -0.4 is 4.90 Å². The Morgan fingerprint density at radius 3 is 2.18 bits per heavy atom. The lowest BCUT2D eigenvalue weighted by atomic mass is 10.2. The van der Waals surface area contributed by atoms with Crippen LogP contribution in [0.25, 0.3) is 0 Å². The molecule has 1 aromatic heterocycles. The van der Waals surface area contributed by atoms with Crippen LogP contribution in [0.4, 0.5) is 5.69 Å². The Hall–Kier alpha value is -1.18. The van der Waals surface area contributed by atoms with Gasteiger partial charge in [0.2, 0.25) is 0 Å². The summed E-state index contributed by atoms with van der Waals surface area (Å²) >= 11 is 4.75. The van der Waals surface area contributed by atoms with Crippen molar-refractivity contribution in [3.63, 3.8) is 0 Å². The predicted octanol–water partition coefficient (Wildman–Crippen LogP) is 3.97. The molecule has 0 spiro atoms. The number of amides is 1. The third-order valence-electron chi connectivity index (χ3n) is 3.09. The summed E-state index contributed by atoms with van der Waals surface area (Å²) in [6.07, 6.45) is 1.16. The average molecular weight is 402 g/mol. The normalized spacial score (nSPS) is 11.7. The molecule has 1 heterocycles. The Morgan fingerprint density at radius 2 is 1.77 bits per heavy atom. The van der Waals surface area contributed by atoms with E-state index in [4.69, 9.17) is 0 Å². The molecule has 0 radical (unpaired) electrons. The highest BCUT2D eigenvalue weighted by Gasteiger charge is 2.23. The van der Waals surface area contributed by atoms with E-state index in [0.29, 0.717) is 10.6 Å². The lowest BCUT2D eigenvalue weighted by Gasteiger charge is -2.26. The van der Waals surface area contributed by atoms with Gasteiger partial charge in [0.15, 0.2) is 9.84 Å². The van der Waals surface area contributed by atoms with Crippen molar-refractivity contribution in [1.29, 1.82) is 0 Å². The molecule has 0 fully saturated rings. The molecule has 4 nitrogen and oxygen atoms in total. The molecule has 7 heteroatoms. The van der Waals surface area contributed by atoms with E-state index < -0.39 is 9.84 Å². The monoisotopic (exact) mass is 401 g/mol. The summed E-state index contributed by atoms with van der Waals surface area (Å²) in [6, 6.07) is 8.16. The number of benzene rings is 1. The first-order chi connectivity index (χ1) is 10.2. The van der Waals surface area contributed by atoms with E-state index >= 15 is 0 Å². The summed E-state index contributed by atoms with van der Waals surface area (Å²) in [7, 11) is -3.24. The number of hydrogen-bond acceptors (Lipinski definition) is 4. The van der Waals surface area contributed by atoms with Gasteiger partial charge in [-0.3, -0.25) is 4.79 Å². The van der Waals surface area contributed by atoms with Crippen LogP contribution in [-0.4, -0.2) is 26.6 Å². The number of hydrogen-bond donors (Lipinski definition) is 0. The first kappa shape index (κ1) is 17.2. The average Bonchev–Trinajstić information content (AvgIpc) is 2.84. The van der Waals surface area contributed by atoms with Gasteiger partial charge in [-0.05, 0) is 65.5 Å². The molecule has 0 N–H and O–H groups in total. The molecule has 1 amide bonds. The van der Waals surface area contributed by atoms with Crippen molar-refractivity contribution in [3.05, 3.63) is 45.1 Å². The SMILES string of the molecule is CC(C)N(C(=O)c1sccc1Br)c1ccc(S(C)(=O)=O)cc1. The van der Waals surface area contributed by atoms with E-state index in [-0.39, 0.29) is 16.8 Å². The molecule has 0 unspecified atom stereocenters. The predicted molar refractivity (Wildman–Crippen MR) is 93.5 cm³/mol. The van der Waals surface area contributed by atoms with Crippen LogP contribution in [0.2, 0.25) is 0 Å². The molecule has 1 aromatic carbocycles. The lowest BCUT2D eigenvalue weighted by molar-refractivity contribution is 0.0983. The topological polar surface area (TPSA) is 54.5 Å². The van der Waals surface area contributed by atoms with Crippen molar-refractivity contribution in [1.82, 2.24) is 0 Å². The van der Waals surface area contributed by atoms with E-state index in [1.54, 1.807) is 17.0 Å². The van der Waals surface area contributed by atoms with Crippen molar-refractivity contribution < 1.29 is 13.2 Å². The number of rotatable bonds is 4. The first-order valence-electron chi connectivity index (χ1n) is 6.58. The van der Waals surface area contributed by atoms with Gasteiger partial charge in [-0.15, -0.1) is 11.3 Å². The summed E-state index contributed by atoms with van der Waals surface area (Å²) < 4.78 is 23.8. The quantitative estimate of drug-likeness (QED) is 0.778. The zero-order chi connectivity index (χ0) is 16.5. The maximum absolute atomic E-state index is 12.7. The molecule has 2 rings (SSSR count). The minimum absolute atomic E-state index is 0.0504. The third-order valence-corrected chi connectivity index (χ3v) is 6.04. The summed E-state index contributed by atoms with van der Waals surface area (Å²) in [4.78, 5) is 15.3. The van der Waals surface area contributed by atoms with Crippen LogP contribution in [-0.2, 0) is 9.84 Å².